The normalized spacial score (nSPS) is 11.0. The molecule has 0 bridgehead atoms. The Hall–Kier alpha value is -4.03. The number of nitrogens with zero attached hydrogens (tertiary/aromatic N) is 1. The van der Waals surface area contributed by atoms with Crippen LogP contribution in [0.1, 0.15) is 21.5 Å². The second-order valence-electron chi connectivity index (χ2n) is 7.20. The van der Waals surface area contributed by atoms with Gasteiger partial charge < -0.3 is 14.6 Å². The number of benzene rings is 4. The third-order valence-corrected chi connectivity index (χ3v) is 5.33. The summed E-state index contributed by atoms with van der Waals surface area (Å²) < 4.78 is 11.3. The second kappa shape index (κ2) is 10.1. The lowest BCUT2D eigenvalue weighted by atomic mass is 10.0. The maximum absolute atomic E-state index is 12.3. The average molecular weight is 461 g/mol. The highest BCUT2D eigenvalue weighted by Crippen LogP contribution is 2.29. The van der Waals surface area contributed by atoms with E-state index in [4.69, 9.17) is 21.1 Å². The Balaban J connectivity index is 1.50. The van der Waals surface area contributed by atoms with Crippen molar-refractivity contribution in [2.45, 2.75) is 6.61 Å². The van der Waals surface area contributed by atoms with Crippen LogP contribution in [0.15, 0.2) is 84.0 Å². The van der Waals surface area contributed by atoms with Gasteiger partial charge in [-0.25, -0.2) is 5.43 Å². The minimum absolute atomic E-state index is 0.0862. The summed E-state index contributed by atoms with van der Waals surface area (Å²) in [5.74, 6) is 1.00. The first-order chi connectivity index (χ1) is 16.0. The SMILES string of the molecule is COc1cccc(COc2ccc(C=NNC(=O)c3ccc(O)c(Cl)c3)c3ccccc23)c1. The standard InChI is InChI=1S/C26H21ClN2O4/c1-32-20-6-4-5-17(13-20)16-33-25-12-10-19(21-7-2-3-8-22(21)25)15-28-29-26(31)18-9-11-24(30)23(27)14-18/h2-15,30H,16H2,1H3,(H,29,31). The number of carbonyl (C=O) groups is 1. The first kappa shape index (κ1) is 22.2. The number of nitrogens with one attached hydrogen (secondary N) is 1. The number of amides is 1. The van der Waals surface area contributed by atoms with Crippen LogP contribution in [-0.2, 0) is 6.61 Å². The van der Waals surface area contributed by atoms with Gasteiger partial charge in [0.2, 0.25) is 0 Å². The molecule has 0 aromatic heterocycles. The number of aromatic hydroxyl groups is 1. The molecule has 0 fully saturated rings. The molecule has 7 heteroatoms. The number of hydrogen-bond acceptors (Lipinski definition) is 5. The zero-order valence-electron chi connectivity index (χ0n) is 17.8. The number of rotatable bonds is 7. The Morgan fingerprint density at radius 1 is 1.03 bits per heavy atom. The molecule has 0 radical (unpaired) electrons. The van der Waals surface area contributed by atoms with Crippen molar-refractivity contribution in [2.75, 3.05) is 7.11 Å². The number of halogens is 1. The van der Waals surface area contributed by atoms with E-state index >= 15 is 0 Å². The van der Waals surface area contributed by atoms with Crippen molar-refractivity contribution >= 4 is 34.5 Å². The summed E-state index contributed by atoms with van der Waals surface area (Å²) in [6.45, 7) is 0.403. The molecule has 0 unspecified atom stereocenters. The monoisotopic (exact) mass is 460 g/mol. The number of ether oxygens (including phenoxy) is 2. The van der Waals surface area contributed by atoms with E-state index in [0.717, 1.165) is 33.4 Å². The summed E-state index contributed by atoms with van der Waals surface area (Å²) in [5.41, 5.74) is 4.59. The van der Waals surface area contributed by atoms with Crippen molar-refractivity contribution in [1.82, 2.24) is 5.43 Å². The summed E-state index contributed by atoms with van der Waals surface area (Å²) in [7, 11) is 1.63. The van der Waals surface area contributed by atoms with E-state index in [2.05, 4.69) is 10.5 Å². The lowest BCUT2D eigenvalue weighted by Crippen LogP contribution is -2.17. The highest BCUT2D eigenvalue weighted by Gasteiger charge is 2.09. The molecule has 0 heterocycles. The Kier molecular flexibility index (Phi) is 6.76. The van der Waals surface area contributed by atoms with E-state index in [1.54, 1.807) is 13.3 Å². The first-order valence-corrected chi connectivity index (χ1v) is 10.5. The van der Waals surface area contributed by atoms with Crippen molar-refractivity contribution < 1.29 is 19.4 Å². The van der Waals surface area contributed by atoms with Crippen LogP contribution >= 0.6 is 11.6 Å². The van der Waals surface area contributed by atoms with Crippen molar-refractivity contribution in [3.63, 3.8) is 0 Å². The number of hydrogen-bond donors (Lipinski definition) is 2. The molecule has 4 rings (SSSR count). The molecule has 0 aliphatic heterocycles. The molecule has 0 aliphatic rings. The number of hydrazone groups is 1. The number of fused-ring (bicyclic) bond motifs is 1. The van der Waals surface area contributed by atoms with Gasteiger partial charge in [0.1, 0.15) is 23.9 Å². The van der Waals surface area contributed by atoms with Crippen LogP contribution in [0, 0.1) is 0 Å². The summed E-state index contributed by atoms with van der Waals surface area (Å²) in [5, 5.41) is 15.5. The Morgan fingerprint density at radius 2 is 1.85 bits per heavy atom. The van der Waals surface area contributed by atoms with E-state index in [9.17, 15) is 9.90 Å². The van der Waals surface area contributed by atoms with Gasteiger partial charge in [-0.15, -0.1) is 0 Å². The first-order valence-electron chi connectivity index (χ1n) is 10.1. The quantitative estimate of drug-likeness (QED) is 0.280. The maximum Gasteiger partial charge on any atom is 0.271 e. The molecular formula is C26H21ClN2O4. The maximum atomic E-state index is 12.3. The van der Waals surface area contributed by atoms with E-state index < -0.39 is 5.91 Å². The largest absolute Gasteiger partial charge is 0.506 e. The van der Waals surface area contributed by atoms with Crippen LogP contribution in [0.25, 0.3) is 10.8 Å². The van der Waals surface area contributed by atoms with E-state index in [-0.39, 0.29) is 10.8 Å². The van der Waals surface area contributed by atoms with Gasteiger partial charge in [-0.3, -0.25) is 4.79 Å². The molecule has 0 spiro atoms. The predicted octanol–water partition coefficient (Wildman–Crippen LogP) is 5.55. The molecule has 0 saturated carbocycles. The van der Waals surface area contributed by atoms with Crippen molar-refractivity contribution in [1.29, 1.82) is 0 Å². The van der Waals surface area contributed by atoms with Gasteiger partial charge in [0, 0.05) is 16.5 Å². The zero-order valence-corrected chi connectivity index (χ0v) is 18.5. The van der Waals surface area contributed by atoms with Gasteiger partial charge >= 0.3 is 0 Å². The highest BCUT2D eigenvalue weighted by atomic mass is 35.5. The third-order valence-electron chi connectivity index (χ3n) is 5.03. The fourth-order valence-electron chi connectivity index (χ4n) is 3.33. The fraction of sp³-hybridized carbons (Fsp3) is 0.0769. The molecule has 6 nitrogen and oxygen atoms in total. The number of phenols is 1. The summed E-state index contributed by atoms with van der Waals surface area (Å²) >= 11 is 5.86. The lowest BCUT2D eigenvalue weighted by Gasteiger charge is -2.12. The van der Waals surface area contributed by atoms with Gasteiger partial charge in [-0.2, -0.15) is 5.10 Å². The van der Waals surface area contributed by atoms with Crippen molar-refractivity contribution in [3.05, 3.63) is 101 Å². The van der Waals surface area contributed by atoms with Gasteiger partial charge in [0.25, 0.3) is 5.91 Å². The van der Waals surface area contributed by atoms with Gasteiger partial charge in [0.05, 0.1) is 18.3 Å². The lowest BCUT2D eigenvalue weighted by molar-refractivity contribution is 0.0955. The predicted molar refractivity (Wildman–Crippen MR) is 129 cm³/mol. The average Bonchev–Trinajstić information content (AvgIpc) is 2.85. The third kappa shape index (κ3) is 5.25. The van der Waals surface area contributed by atoms with Crippen molar-refractivity contribution in [3.8, 4) is 17.2 Å². The van der Waals surface area contributed by atoms with Gasteiger partial charge in [-0.05, 0) is 53.4 Å². The molecule has 33 heavy (non-hydrogen) atoms. The minimum Gasteiger partial charge on any atom is -0.506 e. The molecule has 4 aromatic rings. The molecule has 2 N–H and O–H groups in total. The molecule has 4 aromatic carbocycles. The summed E-state index contributed by atoms with van der Waals surface area (Å²) in [6, 6.07) is 23.5. The fourth-order valence-corrected chi connectivity index (χ4v) is 3.51. The highest BCUT2D eigenvalue weighted by molar-refractivity contribution is 6.32. The van der Waals surface area contributed by atoms with Crippen LogP contribution in [0.4, 0.5) is 0 Å². The summed E-state index contributed by atoms with van der Waals surface area (Å²) in [6.07, 6.45) is 1.58. The van der Waals surface area contributed by atoms with Crippen molar-refractivity contribution in [2.24, 2.45) is 5.10 Å². The smallest absolute Gasteiger partial charge is 0.271 e. The number of methoxy groups -OCH3 is 1. The second-order valence-corrected chi connectivity index (χ2v) is 7.61. The minimum atomic E-state index is -0.435. The van der Waals surface area contributed by atoms with Crippen LogP contribution in [0.3, 0.4) is 0 Å². The van der Waals surface area contributed by atoms with E-state index in [1.807, 2.05) is 60.7 Å². The van der Waals surface area contributed by atoms with E-state index in [1.165, 1.54) is 18.2 Å². The van der Waals surface area contributed by atoms with Gasteiger partial charge in [0.15, 0.2) is 0 Å². The molecular weight excluding hydrogens is 440 g/mol. The topological polar surface area (TPSA) is 80.2 Å². The molecule has 0 saturated heterocycles. The van der Waals surface area contributed by atoms with Crippen LogP contribution < -0.4 is 14.9 Å². The summed E-state index contributed by atoms with van der Waals surface area (Å²) in [4.78, 5) is 12.3. The number of phenolic OH excluding ortho intramolecular Hbond substituents is 1. The van der Waals surface area contributed by atoms with Crippen LogP contribution in [0.5, 0.6) is 17.2 Å². The van der Waals surface area contributed by atoms with E-state index in [0.29, 0.717) is 12.2 Å². The number of carbonyl (C=O) groups excluding carboxylic acids is 1. The Bertz CT molecular complexity index is 1340. The van der Waals surface area contributed by atoms with Gasteiger partial charge in [-0.1, -0.05) is 48.0 Å². The zero-order chi connectivity index (χ0) is 23.2. The van der Waals surface area contributed by atoms with Crippen LogP contribution in [-0.4, -0.2) is 24.3 Å². The molecule has 1 amide bonds. The Labute approximate surface area is 196 Å². The molecule has 166 valence electrons. The molecule has 0 aliphatic carbocycles. The Morgan fingerprint density at radius 3 is 2.64 bits per heavy atom. The molecule has 0 atom stereocenters. The van der Waals surface area contributed by atoms with Crippen LogP contribution in [0.2, 0.25) is 5.02 Å².